The molecule has 4 nitrogen and oxygen atoms in total. The minimum absolute atomic E-state index is 0.416. The van der Waals surface area contributed by atoms with E-state index in [0.717, 1.165) is 0 Å². The monoisotopic (exact) mass is 778 g/mol. The predicted octanol–water partition coefficient (Wildman–Crippen LogP) is 13.6. The van der Waals surface area contributed by atoms with Crippen LogP contribution in [0.25, 0.3) is 44.1 Å². The Hall–Kier alpha value is -2.43. The summed E-state index contributed by atoms with van der Waals surface area (Å²) in [7, 11) is -4.40. The molecule has 50 heavy (non-hydrogen) atoms. The molecule has 3 aromatic carbocycles. The van der Waals surface area contributed by atoms with Crippen LogP contribution in [0.5, 0.6) is 0 Å². The predicted molar refractivity (Wildman–Crippen MR) is 224 cm³/mol. The molecule has 10 heteroatoms. The Labute approximate surface area is 319 Å². The van der Waals surface area contributed by atoms with Gasteiger partial charge in [0.15, 0.2) is 0 Å². The van der Waals surface area contributed by atoms with Crippen molar-refractivity contribution in [2.45, 2.75) is 116 Å². The van der Waals surface area contributed by atoms with Crippen molar-refractivity contribution in [3.63, 3.8) is 0 Å². The van der Waals surface area contributed by atoms with Crippen molar-refractivity contribution >= 4 is 107 Å². The van der Waals surface area contributed by atoms with Gasteiger partial charge in [-0.3, -0.25) is 0 Å². The van der Waals surface area contributed by atoms with Gasteiger partial charge in [-0.2, -0.15) is 0 Å². The van der Waals surface area contributed by atoms with Gasteiger partial charge in [-0.05, 0) is 57.5 Å². The lowest BCUT2D eigenvalue weighted by molar-refractivity contribution is 0.838. The number of hydrogen-bond acceptors (Lipinski definition) is 4. The normalized spacial score (nSPS) is 12.8. The van der Waals surface area contributed by atoms with Crippen LogP contribution < -0.4 is 0 Å². The average Bonchev–Trinajstić information content (AvgIpc) is 3.03. The summed E-state index contributed by atoms with van der Waals surface area (Å²) in [6.45, 7) is 27.6. The summed E-state index contributed by atoms with van der Waals surface area (Å²) in [4.78, 5) is 20.8. The molecule has 2 aromatic heterocycles. The summed E-state index contributed by atoms with van der Waals surface area (Å²) < 4.78 is 0. The fourth-order valence-electron chi connectivity index (χ4n) is 8.51. The highest BCUT2D eigenvalue weighted by Crippen LogP contribution is 2.43. The van der Waals surface area contributed by atoms with Crippen molar-refractivity contribution in [3.05, 3.63) is 55.5 Å². The fraction of sp³-hybridized carbons (Fsp3) is 0.450. The van der Waals surface area contributed by atoms with Crippen LogP contribution in [0.1, 0.15) is 94.2 Å². The summed E-state index contributed by atoms with van der Waals surface area (Å²) >= 11 is 27.1. The highest BCUT2D eigenvalue weighted by molar-refractivity contribution is 6.91. The number of fused-ring (bicyclic) bond motifs is 4. The molecule has 0 spiro atoms. The molecular formula is C40H46Cl4N4Si2. The number of nitrogens with zero attached hydrogens (tertiary/aromatic N) is 4. The van der Waals surface area contributed by atoms with Crippen LogP contribution in [0, 0.1) is 22.9 Å². The van der Waals surface area contributed by atoms with E-state index >= 15 is 0 Å². The Morgan fingerprint density at radius 2 is 0.580 bits per heavy atom. The van der Waals surface area contributed by atoms with E-state index < -0.39 is 16.1 Å². The Morgan fingerprint density at radius 3 is 0.760 bits per heavy atom. The van der Waals surface area contributed by atoms with Gasteiger partial charge in [0.25, 0.3) is 0 Å². The molecule has 0 bridgehead atoms. The lowest BCUT2D eigenvalue weighted by atomic mass is 10.0. The minimum Gasteiger partial charge on any atom is -0.241 e. The van der Waals surface area contributed by atoms with Crippen LogP contribution in [-0.4, -0.2) is 36.1 Å². The molecule has 262 valence electrons. The summed E-state index contributed by atoms with van der Waals surface area (Å²) in [5.41, 5.74) is 15.9. The van der Waals surface area contributed by atoms with Crippen LogP contribution in [0.2, 0.25) is 53.3 Å². The summed E-state index contributed by atoms with van der Waals surface area (Å²) in [5, 5.41) is 1.80. The summed E-state index contributed by atoms with van der Waals surface area (Å²) in [6, 6.07) is 6.99. The molecule has 0 amide bonds. The van der Waals surface area contributed by atoms with Crippen LogP contribution in [0.3, 0.4) is 0 Å². The summed E-state index contributed by atoms with van der Waals surface area (Å²) in [5.74, 6) is 7.37. The topological polar surface area (TPSA) is 51.6 Å². The van der Waals surface area contributed by atoms with Crippen molar-refractivity contribution in [3.8, 4) is 22.9 Å². The number of benzene rings is 3. The average molecular weight is 781 g/mol. The third-order valence-electron chi connectivity index (χ3n) is 10.9. The largest absolute Gasteiger partial charge is 0.241 e. The van der Waals surface area contributed by atoms with E-state index in [9.17, 15) is 0 Å². The molecule has 2 heterocycles. The zero-order valence-electron chi connectivity index (χ0n) is 31.1. The second-order valence-corrected chi connectivity index (χ2v) is 28.1. The first-order valence-electron chi connectivity index (χ1n) is 17.5. The van der Waals surface area contributed by atoms with Crippen LogP contribution in [0.15, 0.2) is 24.3 Å². The zero-order chi connectivity index (χ0) is 37.0. The molecule has 0 unspecified atom stereocenters. The maximum Gasteiger partial charge on any atom is 0.146 e. The van der Waals surface area contributed by atoms with Crippen molar-refractivity contribution in [1.29, 1.82) is 0 Å². The van der Waals surface area contributed by atoms with Crippen molar-refractivity contribution in [2.75, 3.05) is 0 Å². The van der Waals surface area contributed by atoms with Gasteiger partial charge in [0.2, 0.25) is 0 Å². The standard InChI is InChI=1S/C40H46Cl4N4Si2/c1-21(2)49(22(3)4,23(5)6)19-17-27-33-35(47-39-31(43)15-13-29(41)37(39)45-33)28(18-20-50(24(7)8,25(9)10)26(11)12)36-34(27)46-38-30(42)14-16-32(44)40(38)48-36/h13-16,21-26H,1-12H3. The van der Waals surface area contributed by atoms with Gasteiger partial charge in [-0.25, -0.2) is 19.9 Å². The smallest absolute Gasteiger partial charge is 0.146 e. The maximum absolute atomic E-state index is 6.78. The second kappa shape index (κ2) is 14.5. The highest BCUT2D eigenvalue weighted by Gasteiger charge is 2.43. The molecule has 5 rings (SSSR count). The van der Waals surface area contributed by atoms with E-state index in [1.165, 1.54) is 0 Å². The van der Waals surface area contributed by atoms with Crippen LogP contribution >= 0.6 is 46.4 Å². The molecule has 0 radical (unpaired) electrons. The SMILES string of the molecule is CC(C)[Si](C#Cc1c2nc3c(Cl)ccc(Cl)c3nc2c(C#C[Si](C(C)C)(C(C)C)C(C)C)c2nc3c(Cl)ccc(Cl)c3nc12)(C(C)C)C(C)C. The first-order valence-corrected chi connectivity index (χ1v) is 23.5. The van der Waals surface area contributed by atoms with Gasteiger partial charge in [0.1, 0.15) is 60.3 Å². The first kappa shape index (κ1) is 38.8. The second-order valence-electron chi connectivity index (χ2n) is 15.3. The van der Waals surface area contributed by atoms with E-state index in [0.29, 0.717) is 109 Å². The van der Waals surface area contributed by atoms with Gasteiger partial charge in [-0.1, -0.05) is 141 Å². The van der Waals surface area contributed by atoms with E-state index in [1.54, 1.807) is 24.3 Å². The maximum atomic E-state index is 6.78. The van der Waals surface area contributed by atoms with Gasteiger partial charge in [-0.15, -0.1) is 11.1 Å². The Morgan fingerprint density at radius 1 is 0.380 bits per heavy atom. The third-order valence-corrected chi connectivity index (χ3v) is 24.7. The van der Waals surface area contributed by atoms with Crippen molar-refractivity contribution in [1.82, 2.24) is 19.9 Å². The fourth-order valence-corrected chi connectivity index (χ4v) is 19.7. The Kier molecular flexibility index (Phi) is 11.3. The van der Waals surface area contributed by atoms with E-state index in [2.05, 4.69) is 106 Å². The zero-order valence-corrected chi connectivity index (χ0v) is 36.1. The van der Waals surface area contributed by atoms with Gasteiger partial charge in [0.05, 0.1) is 31.2 Å². The number of hydrogen-bond donors (Lipinski definition) is 0. The Balaban J connectivity index is 2.12. The van der Waals surface area contributed by atoms with E-state index in [1.807, 2.05) is 0 Å². The molecule has 0 aliphatic carbocycles. The molecular weight excluding hydrogens is 734 g/mol. The van der Waals surface area contributed by atoms with Crippen molar-refractivity contribution < 1.29 is 0 Å². The minimum atomic E-state index is -2.20. The number of aromatic nitrogens is 4. The van der Waals surface area contributed by atoms with Crippen LogP contribution in [0.4, 0.5) is 0 Å². The van der Waals surface area contributed by atoms with E-state index in [4.69, 9.17) is 66.3 Å². The lowest BCUT2D eigenvalue weighted by Crippen LogP contribution is -2.43. The quantitative estimate of drug-likeness (QED) is 0.0978. The van der Waals surface area contributed by atoms with Gasteiger partial charge in [0, 0.05) is 0 Å². The van der Waals surface area contributed by atoms with Gasteiger partial charge >= 0.3 is 0 Å². The molecule has 0 saturated heterocycles. The van der Waals surface area contributed by atoms with Gasteiger partial charge < -0.3 is 0 Å². The molecule has 5 aromatic rings. The van der Waals surface area contributed by atoms with Crippen LogP contribution in [-0.2, 0) is 0 Å². The molecule has 0 atom stereocenters. The van der Waals surface area contributed by atoms with E-state index in [-0.39, 0.29) is 0 Å². The first-order chi connectivity index (χ1) is 23.4. The highest BCUT2D eigenvalue weighted by atomic mass is 35.5. The number of halogens is 4. The molecule has 0 aliphatic rings. The molecule has 0 saturated carbocycles. The molecule has 0 N–H and O–H groups in total. The summed E-state index contributed by atoms with van der Waals surface area (Å²) in [6.07, 6.45) is 0. The van der Waals surface area contributed by atoms with Crippen molar-refractivity contribution in [2.24, 2.45) is 0 Å². The molecule has 0 aliphatic heterocycles. The molecule has 0 fully saturated rings. The third kappa shape index (κ3) is 6.33. The Bertz CT molecular complexity index is 1960. The number of rotatable bonds is 6. The lowest BCUT2D eigenvalue weighted by Gasteiger charge is -2.38.